The van der Waals surface area contributed by atoms with Gasteiger partial charge in [-0.1, -0.05) is 0 Å². The largest absolute Gasteiger partial charge is 1.00 e. The zero-order valence-electron chi connectivity index (χ0n) is 16.5. The van der Waals surface area contributed by atoms with Crippen molar-refractivity contribution < 1.29 is 141 Å². The minimum absolute atomic E-state index is 0. The molecule has 0 aromatic carbocycles. The SMILES string of the molecule is O=P([O-])([O-])OP(=O)(O)OC[C@H]1O[C@@H](N2CNC3C([O-])=NCNC32)[C@H](O)[C@@H]1O.[Na+].[Na+].[Na+]. The van der Waals surface area contributed by atoms with Crippen molar-refractivity contribution in [2.75, 3.05) is 19.9 Å². The van der Waals surface area contributed by atoms with E-state index < -0.39 is 59.0 Å². The van der Waals surface area contributed by atoms with Crippen molar-refractivity contribution in [3.05, 3.63) is 0 Å². The number of aliphatic imine (C=N–C) groups is 1. The van der Waals surface area contributed by atoms with E-state index in [-0.39, 0.29) is 108 Å². The molecule has 30 heavy (non-hydrogen) atoms. The molecule has 156 valence electrons. The zero-order valence-corrected chi connectivity index (χ0v) is 24.3. The van der Waals surface area contributed by atoms with Crippen molar-refractivity contribution in [2.24, 2.45) is 4.99 Å². The summed E-state index contributed by atoms with van der Waals surface area (Å²) in [5.74, 6) is -0.382. The Labute approximate surface area is 237 Å². The van der Waals surface area contributed by atoms with Crippen molar-refractivity contribution in [3.8, 4) is 0 Å². The number of aliphatic hydroxyl groups excluding tert-OH is 2. The van der Waals surface area contributed by atoms with Crippen molar-refractivity contribution >= 4 is 21.5 Å². The van der Waals surface area contributed by atoms with Crippen LogP contribution in [-0.4, -0.2) is 82.6 Å². The molecule has 5 N–H and O–H groups in total. The predicted octanol–water partition coefficient (Wildman–Crippen LogP) is -14.7. The van der Waals surface area contributed by atoms with E-state index in [0.29, 0.717) is 0 Å². The van der Waals surface area contributed by atoms with Gasteiger partial charge in [0.25, 0.3) is 0 Å². The Kier molecular flexibility index (Phi) is 14.1. The Balaban J connectivity index is 0.00000280. The Bertz CT molecular complexity index is 702. The molecule has 20 heteroatoms. The minimum Gasteiger partial charge on any atom is -0.861 e. The van der Waals surface area contributed by atoms with Crippen LogP contribution in [0.2, 0.25) is 0 Å². The molecule has 3 unspecified atom stereocenters. The van der Waals surface area contributed by atoms with Crippen LogP contribution in [0.4, 0.5) is 0 Å². The third-order valence-electron chi connectivity index (χ3n) is 4.24. The molecular weight excluding hydrogens is 483 g/mol. The van der Waals surface area contributed by atoms with E-state index in [9.17, 15) is 39.1 Å². The first kappa shape index (κ1) is 32.5. The molecule has 3 rings (SSSR count). The number of phosphoric acid groups is 2. The van der Waals surface area contributed by atoms with Gasteiger partial charge in [-0.3, -0.25) is 24.5 Å². The summed E-state index contributed by atoms with van der Waals surface area (Å²) >= 11 is 0. The van der Waals surface area contributed by atoms with Gasteiger partial charge in [0, 0.05) is 0 Å². The van der Waals surface area contributed by atoms with Gasteiger partial charge in [0.05, 0.1) is 40.0 Å². The van der Waals surface area contributed by atoms with Crippen LogP contribution in [-0.2, 0) is 22.7 Å². The maximum Gasteiger partial charge on any atom is 1.00 e. The Hall–Kier alpha value is 2.49. The van der Waals surface area contributed by atoms with Crippen molar-refractivity contribution in [1.29, 1.82) is 0 Å². The number of hydrogen-bond acceptors (Lipinski definition) is 14. The van der Waals surface area contributed by atoms with E-state index in [1.807, 2.05) is 0 Å². The molecule has 0 aliphatic carbocycles. The standard InChI is InChI=1S/C10H20N4O11P2.3Na/c15-6-4(1-23-27(21,22)25-26(18,19)20)24-10(7(6)16)14-3-13-5-8(14)11-2-12-9(5)17;;;/h4-8,10-11,13,15-16H,1-3H2,(H,12,17)(H,21,22)(H2,18,19,20);;;/q;3*+1/p-3/t4-,5?,6-,7-,8?,10-;;;/m1.../s1. The first-order valence-corrected chi connectivity index (χ1v) is 10.6. The average molecular weight is 500 g/mol. The molecule has 3 aliphatic rings. The summed E-state index contributed by atoms with van der Waals surface area (Å²) in [4.78, 5) is 35.2. The number of nitrogens with zero attached hydrogens (tertiary/aromatic N) is 2. The molecule has 0 aromatic rings. The van der Waals surface area contributed by atoms with Gasteiger partial charge < -0.3 is 39.3 Å². The second-order valence-electron chi connectivity index (χ2n) is 6.00. The number of fused-ring (bicyclic) bond motifs is 1. The van der Waals surface area contributed by atoms with Gasteiger partial charge in [0.15, 0.2) is 0 Å². The average Bonchev–Trinajstić information content (AvgIpc) is 3.07. The van der Waals surface area contributed by atoms with Crippen LogP contribution in [0.25, 0.3) is 0 Å². The van der Waals surface area contributed by atoms with Crippen molar-refractivity contribution in [2.45, 2.75) is 36.7 Å². The van der Waals surface area contributed by atoms with Crippen LogP contribution in [0.5, 0.6) is 0 Å². The normalized spacial score (nSPS) is 35.8. The van der Waals surface area contributed by atoms with E-state index in [4.69, 9.17) is 4.74 Å². The Morgan fingerprint density at radius 1 is 1.20 bits per heavy atom. The van der Waals surface area contributed by atoms with E-state index in [0.717, 1.165) is 0 Å². The molecule has 2 fully saturated rings. The second kappa shape index (κ2) is 13.0. The van der Waals surface area contributed by atoms with Gasteiger partial charge in [-0.25, -0.2) is 9.46 Å². The monoisotopic (exact) mass is 500 g/mol. The Morgan fingerprint density at radius 3 is 2.43 bits per heavy atom. The van der Waals surface area contributed by atoms with Gasteiger partial charge >= 0.3 is 96.5 Å². The molecule has 0 amide bonds. The molecule has 15 nitrogen and oxygen atoms in total. The Morgan fingerprint density at radius 2 is 1.83 bits per heavy atom. The number of nitrogens with one attached hydrogen (secondary N) is 2. The molecule has 3 heterocycles. The van der Waals surface area contributed by atoms with Crippen LogP contribution >= 0.6 is 15.6 Å². The predicted molar refractivity (Wildman–Crippen MR) is 78.0 cm³/mol. The van der Waals surface area contributed by atoms with Gasteiger partial charge in [-0.05, 0) is 5.90 Å². The zero-order chi connectivity index (χ0) is 20.0. The molecule has 0 saturated carbocycles. The maximum atomic E-state index is 11.8. The molecule has 0 aromatic heterocycles. The van der Waals surface area contributed by atoms with E-state index in [2.05, 4.69) is 24.5 Å². The number of phosphoric ester groups is 1. The third-order valence-corrected chi connectivity index (χ3v) is 6.34. The summed E-state index contributed by atoms with van der Waals surface area (Å²) in [5, 5.41) is 37.9. The fraction of sp³-hybridized carbons (Fsp3) is 0.900. The first-order chi connectivity index (χ1) is 12.5. The van der Waals surface area contributed by atoms with E-state index in [1.165, 1.54) is 4.90 Å². The molecule has 0 radical (unpaired) electrons. The molecule has 0 spiro atoms. The smallest absolute Gasteiger partial charge is 0.861 e. The number of hydrogen-bond donors (Lipinski definition) is 5. The maximum absolute atomic E-state index is 11.8. The molecule has 7 atom stereocenters. The van der Waals surface area contributed by atoms with E-state index in [1.54, 1.807) is 0 Å². The van der Waals surface area contributed by atoms with Crippen molar-refractivity contribution in [3.63, 3.8) is 0 Å². The van der Waals surface area contributed by atoms with Crippen molar-refractivity contribution in [1.82, 2.24) is 15.5 Å². The van der Waals surface area contributed by atoms with E-state index >= 15 is 0 Å². The number of rotatable bonds is 6. The topological polar surface area (TPSA) is 231 Å². The van der Waals surface area contributed by atoms with Gasteiger partial charge in [0.2, 0.25) is 0 Å². The number of aliphatic hydroxyl groups is 2. The minimum atomic E-state index is -5.78. The van der Waals surface area contributed by atoms with Crippen LogP contribution in [0.1, 0.15) is 0 Å². The van der Waals surface area contributed by atoms with Gasteiger partial charge in [-0.2, -0.15) is 0 Å². The van der Waals surface area contributed by atoms with Crippen LogP contribution in [0, 0.1) is 0 Å². The molecule has 2 saturated heterocycles. The quantitative estimate of drug-likeness (QED) is 0.168. The van der Waals surface area contributed by atoms with Gasteiger partial charge in [-0.15, -0.1) is 0 Å². The molecule has 0 bridgehead atoms. The van der Waals surface area contributed by atoms with Crippen LogP contribution in [0.3, 0.4) is 0 Å². The second-order valence-corrected chi connectivity index (χ2v) is 8.74. The van der Waals surface area contributed by atoms with Crippen LogP contribution in [0.15, 0.2) is 4.99 Å². The summed E-state index contributed by atoms with van der Waals surface area (Å²) in [5.41, 5.74) is 0. The molecule has 3 aliphatic heterocycles. The fourth-order valence-corrected chi connectivity index (χ4v) is 4.62. The first-order valence-electron chi connectivity index (χ1n) is 7.65. The molecular formula is C10H17N4Na3O11P2. The summed E-state index contributed by atoms with van der Waals surface area (Å²) in [6.07, 6.45) is -6.06. The van der Waals surface area contributed by atoms with Crippen LogP contribution < -0.4 is 114 Å². The third kappa shape index (κ3) is 8.02. The summed E-state index contributed by atoms with van der Waals surface area (Å²) in [7, 11) is -11.0. The fourth-order valence-electron chi connectivity index (χ4n) is 3.08. The summed E-state index contributed by atoms with van der Waals surface area (Å²) in [6, 6.07) is -0.670. The summed E-state index contributed by atoms with van der Waals surface area (Å²) < 4.78 is 35.0. The number of ether oxygens (including phenoxy) is 1. The van der Waals surface area contributed by atoms with Gasteiger partial charge in [0.1, 0.15) is 24.5 Å². The summed E-state index contributed by atoms with van der Waals surface area (Å²) in [6.45, 7) is -0.673.